The lowest BCUT2D eigenvalue weighted by Gasteiger charge is -2.39. The molecule has 2 atom stereocenters. The van der Waals surface area contributed by atoms with Gasteiger partial charge >= 0.3 is 6.09 Å². The number of carbonyl (C=O) groups excluding carboxylic acids is 1. The molecule has 0 aromatic carbocycles. The molecule has 0 aliphatic carbocycles. The van der Waals surface area contributed by atoms with E-state index in [1.54, 1.807) is 0 Å². The maximum absolute atomic E-state index is 11.9. The van der Waals surface area contributed by atoms with E-state index in [0.717, 1.165) is 19.5 Å². The van der Waals surface area contributed by atoms with Crippen LogP contribution < -0.4 is 10.6 Å². The van der Waals surface area contributed by atoms with E-state index >= 15 is 0 Å². The number of alkyl carbamates (subject to hydrolysis) is 1. The predicted molar refractivity (Wildman–Crippen MR) is 63.9 cm³/mol. The van der Waals surface area contributed by atoms with Crippen LogP contribution in [-0.2, 0) is 9.47 Å². The summed E-state index contributed by atoms with van der Waals surface area (Å²) < 4.78 is 10.8. The van der Waals surface area contributed by atoms with Crippen molar-refractivity contribution >= 4 is 6.09 Å². The van der Waals surface area contributed by atoms with Crippen molar-refractivity contribution < 1.29 is 14.3 Å². The number of fused-ring (bicyclic) bond motifs is 1. The Bertz CT molecular complexity index is 301. The van der Waals surface area contributed by atoms with Gasteiger partial charge in [-0.3, -0.25) is 0 Å². The summed E-state index contributed by atoms with van der Waals surface area (Å²) in [6, 6.07) is 0. The average molecular weight is 242 g/mol. The number of ether oxygens (including phenoxy) is 2. The highest BCUT2D eigenvalue weighted by molar-refractivity contribution is 5.69. The van der Waals surface area contributed by atoms with Crippen molar-refractivity contribution in [2.45, 2.75) is 38.3 Å². The van der Waals surface area contributed by atoms with Gasteiger partial charge < -0.3 is 20.1 Å². The maximum atomic E-state index is 11.9. The van der Waals surface area contributed by atoms with Crippen LogP contribution >= 0.6 is 0 Å². The van der Waals surface area contributed by atoms with Gasteiger partial charge in [0, 0.05) is 25.6 Å². The zero-order valence-electron chi connectivity index (χ0n) is 10.8. The summed E-state index contributed by atoms with van der Waals surface area (Å²) in [5.74, 6) is 0.351. The van der Waals surface area contributed by atoms with Crippen molar-refractivity contribution in [3.8, 4) is 0 Å². The van der Waals surface area contributed by atoms with Gasteiger partial charge in [-0.05, 0) is 27.2 Å². The van der Waals surface area contributed by atoms with E-state index < -0.39 is 5.60 Å². The quantitative estimate of drug-likeness (QED) is 0.717. The SMILES string of the molecule is CC(C)(C)OC(=O)NC12CCOCC1CNC2. The second-order valence-electron chi connectivity index (χ2n) is 5.94. The minimum absolute atomic E-state index is 0.180. The second-order valence-corrected chi connectivity index (χ2v) is 5.94. The normalized spacial score (nSPS) is 33.0. The van der Waals surface area contributed by atoms with Crippen LogP contribution in [-0.4, -0.2) is 43.5 Å². The first-order valence-corrected chi connectivity index (χ1v) is 6.21. The molecular formula is C12H22N2O3. The highest BCUT2D eigenvalue weighted by atomic mass is 16.6. The Hall–Kier alpha value is -0.810. The van der Waals surface area contributed by atoms with Gasteiger partial charge in [-0.25, -0.2) is 4.79 Å². The molecule has 2 unspecified atom stereocenters. The topological polar surface area (TPSA) is 59.6 Å². The van der Waals surface area contributed by atoms with Gasteiger partial charge in [0.15, 0.2) is 0 Å². The molecule has 5 nitrogen and oxygen atoms in total. The molecule has 17 heavy (non-hydrogen) atoms. The summed E-state index contributed by atoms with van der Waals surface area (Å²) >= 11 is 0. The minimum atomic E-state index is -0.451. The lowest BCUT2D eigenvalue weighted by Crippen LogP contribution is -2.58. The molecule has 2 rings (SSSR count). The standard InChI is InChI=1S/C12H22N2O3/c1-11(2,3)17-10(15)14-12-4-5-16-7-9(12)6-13-8-12/h9,13H,4-8H2,1-3H3,(H,14,15). The molecule has 2 aliphatic heterocycles. The van der Waals surface area contributed by atoms with Crippen molar-refractivity contribution in [3.05, 3.63) is 0 Å². The summed E-state index contributed by atoms with van der Waals surface area (Å²) in [6.07, 6.45) is 0.525. The first kappa shape index (κ1) is 12.6. The molecular weight excluding hydrogens is 220 g/mol. The van der Waals surface area contributed by atoms with Crippen molar-refractivity contribution in [2.75, 3.05) is 26.3 Å². The number of nitrogens with one attached hydrogen (secondary N) is 2. The first-order valence-electron chi connectivity index (χ1n) is 6.21. The number of carbonyl (C=O) groups is 1. The molecule has 0 saturated carbocycles. The third-order valence-corrected chi connectivity index (χ3v) is 3.37. The van der Waals surface area contributed by atoms with E-state index in [1.165, 1.54) is 0 Å². The average Bonchev–Trinajstić information content (AvgIpc) is 2.57. The van der Waals surface area contributed by atoms with Crippen LogP contribution in [0.2, 0.25) is 0 Å². The zero-order valence-corrected chi connectivity index (χ0v) is 10.8. The highest BCUT2D eigenvalue weighted by Gasteiger charge is 2.46. The van der Waals surface area contributed by atoms with Crippen LogP contribution in [0.15, 0.2) is 0 Å². The van der Waals surface area contributed by atoms with Gasteiger partial charge in [0.2, 0.25) is 0 Å². The Morgan fingerprint density at radius 1 is 1.53 bits per heavy atom. The van der Waals surface area contributed by atoms with Crippen LogP contribution in [0.1, 0.15) is 27.2 Å². The lowest BCUT2D eigenvalue weighted by molar-refractivity contribution is -0.00164. The van der Waals surface area contributed by atoms with Gasteiger partial charge in [-0.2, -0.15) is 0 Å². The molecule has 5 heteroatoms. The molecule has 2 N–H and O–H groups in total. The molecule has 2 heterocycles. The third kappa shape index (κ3) is 2.90. The molecule has 2 saturated heterocycles. The summed E-state index contributed by atoms with van der Waals surface area (Å²) in [7, 11) is 0. The molecule has 98 valence electrons. The van der Waals surface area contributed by atoms with Gasteiger partial charge in [-0.15, -0.1) is 0 Å². The van der Waals surface area contributed by atoms with Crippen molar-refractivity contribution in [1.82, 2.24) is 10.6 Å². The minimum Gasteiger partial charge on any atom is -0.444 e. The number of amides is 1. The lowest BCUT2D eigenvalue weighted by atomic mass is 9.83. The molecule has 0 aromatic heterocycles. The smallest absolute Gasteiger partial charge is 0.408 e. The predicted octanol–water partition coefficient (Wildman–Crippen LogP) is 0.890. The Balaban J connectivity index is 1.98. The largest absolute Gasteiger partial charge is 0.444 e. The number of rotatable bonds is 1. The molecule has 0 bridgehead atoms. The van der Waals surface area contributed by atoms with Gasteiger partial charge in [0.25, 0.3) is 0 Å². The number of hydrogen-bond acceptors (Lipinski definition) is 4. The van der Waals surface area contributed by atoms with Crippen molar-refractivity contribution in [1.29, 1.82) is 0 Å². The van der Waals surface area contributed by atoms with E-state index in [-0.39, 0.29) is 11.6 Å². The molecule has 0 radical (unpaired) electrons. The van der Waals surface area contributed by atoms with E-state index in [9.17, 15) is 4.79 Å². The molecule has 0 aromatic rings. The molecule has 2 fully saturated rings. The third-order valence-electron chi connectivity index (χ3n) is 3.37. The van der Waals surface area contributed by atoms with Crippen LogP contribution in [0.25, 0.3) is 0 Å². The van der Waals surface area contributed by atoms with Crippen LogP contribution in [0.3, 0.4) is 0 Å². The Morgan fingerprint density at radius 3 is 3.00 bits per heavy atom. The molecule has 2 aliphatic rings. The Kier molecular flexibility index (Phi) is 3.32. The van der Waals surface area contributed by atoms with E-state index in [4.69, 9.17) is 9.47 Å². The van der Waals surface area contributed by atoms with Gasteiger partial charge in [0.1, 0.15) is 5.60 Å². The Labute approximate surface area is 102 Å². The monoisotopic (exact) mass is 242 g/mol. The van der Waals surface area contributed by atoms with Gasteiger partial charge in [0.05, 0.1) is 12.1 Å². The van der Waals surface area contributed by atoms with Crippen molar-refractivity contribution in [2.24, 2.45) is 5.92 Å². The molecule has 0 spiro atoms. The fourth-order valence-electron chi connectivity index (χ4n) is 2.52. The van der Waals surface area contributed by atoms with Crippen LogP contribution in [0.5, 0.6) is 0 Å². The highest BCUT2D eigenvalue weighted by Crippen LogP contribution is 2.30. The second kappa shape index (κ2) is 4.46. The fourth-order valence-corrected chi connectivity index (χ4v) is 2.52. The molecule has 1 amide bonds. The summed E-state index contributed by atoms with van der Waals surface area (Å²) in [6.45, 7) is 8.74. The fraction of sp³-hybridized carbons (Fsp3) is 0.917. The van der Waals surface area contributed by atoms with E-state index in [0.29, 0.717) is 19.1 Å². The number of hydrogen-bond donors (Lipinski definition) is 2. The van der Waals surface area contributed by atoms with E-state index in [2.05, 4.69) is 10.6 Å². The summed E-state index contributed by atoms with van der Waals surface area (Å²) in [5.41, 5.74) is -0.631. The first-order chi connectivity index (χ1) is 7.91. The maximum Gasteiger partial charge on any atom is 0.408 e. The summed E-state index contributed by atoms with van der Waals surface area (Å²) in [4.78, 5) is 11.9. The van der Waals surface area contributed by atoms with Crippen molar-refractivity contribution in [3.63, 3.8) is 0 Å². The Morgan fingerprint density at radius 2 is 2.29 bits per heavy atom. The van der Waals surface area contributed by atoms with Gasteiger partial charge in [-0.1, -0.05) is 0 Å². The van der Waals surface area contributed by atoms with E-state index in [1.807, 2.05) is 20.8 Å². The van der Waals surface area contributed by atoms with Crippen LogP contribution in [0, 0.1) is 5.92 Å². The zero-order chi connectivity index (χ0) is 12.5. The summed E-state index contributed by atoms with van der Waals surface area (Å²) in [5, 5.41) is 6.37. The van der Waals surface area contributed by atoms with Crippen LogP contribution in [0.4, 0.5) is 4.79 Å².